The van der Waals surface area contributed by atoms with Crippen molar-refractivity contribution in [3.63, 3.8) is 0 Å². The van der Waals surface area contributed by atoms with Gasteiger partial charge in [-0.15, -0.1) is 0 Å². The molecule has 0 unspecified atom stereocenters. The van der Waals surface area contributed by atoms with Crippen LogP contribution in [-0.4, -0.2) is 16.2 Å². The number of phenols is 1. The molecule has 76 valence electrons. The van der Waals surface area contributed by atoms with Crippen LogP contribution in [0, 0.1) is 0 Å². The average Bonchev–Trinajstić information content (AvgIpc) is 2.07. The van der Waals surface area contributed by atoms with Gasteiger partial charge in [-0.3, -0.25) is 4.79 Å². The van der Waals surface area contributed by atoms with E-state index in [1.54, 1.807) is 13.0 Å². The van der Waals surface area contributed by atoms with Gasteiger partial charge in [0.15, 0.2) is 11.5 Å². The highest BCUT2D eigenvalue weighted by atomic mass is 16.5. The molecule has 0 radical (unpaired) electrons. The first-order chi connectivity index (χ1) is 6.50. The van der Waals surface area contributed by atoms with Crippen molar-refractivity contribution in [3.8, 4) is 11.5 Å². The van der Waals surface area contributed by atoms with Crippen molar-refractivity contribution >= 4 is 5.97 Å². The number of rotatable bonds is 2. The fourth-order valence-corrected chi connectivity index (χ4v) is 1.04. The van der Waals surface area contributed by atoms with Gasteiger partial charge in [0, 0.05) is 6.92 Å². The molecule has 0 heterocycles. The number of benzene rings is 1. The molecule has 0 aliphatic rings. The first-order valence-corrected chi connectivity index (χ1v) is 4.20. The number of aliphatic hydroxyl groups is 1. The molecule has 1 aromatic rings. The number of ether oxygens (including phenoxy) is 1. The summed E-state index contributed by atoms with van der Waals surface area (Å²) in [5.74, 6) is -0.550. The molecule has 2 N–H and O–H groups in total. The Hall–Kier alpha value is -1.55. The maximum Gasteiger partial charge on any atom is 0.308 e. The van der Waals surface area contributed by atoms with Gasteiger partial charge in [-0.1, -0.05) is 6.07 Å². The lowest BCUT2D eigenvalue weighted by Gasteiger charge is -2.08. The van der Waals surface area contributed by atoms with E-state index < -0.39 is 12.1 Å². The van der Waals surface area contributed by atoms with Gasteiger partial charge in [0.25, 0.3) is 0 Å². The SMILES string of the molecule is CC(=O)Oc1ccc([C@@H](C)O)cc1O. The van der Waals surface area contributed by atoms with Gasteiger partial charge in [-0.2, -0.15) is 0 Å². The predicted octanol–water partition coefficient (Wildman–Crippen LogP) is 1.37. The second-order valence-electron chi connectivity index (χ2n) is 3.00. The van der Waals surface area contributed by atoms with Crippen molar-refractivity contribution in [1.82, 2.24) is 0 Å². The van der Waals surface area contributed by atoms with Crippen LogP contribution in [0.25, 0.3) is 0 Å². The number of phenolic OH excluding ortho intramolecular Hbond substituents is 1. The molecule has 0 saturated heterocycles. The number of esters is 1. The lowest BCUT2D eigenvalue weighted by Crippen LogP contribution is -2.02. The Morgan fingerprint density at radius 3 is 2.57 bits per heavy atom. The maximum absolute atomic E-state index is 10.6. The molecule has 1 atom stereocenters. The molecular formula is C10H12O4. The Morgan fingerprint density at radius 2 is 2.14 bits per heavy atom. The monoisotopic (exact) mass is 196 g/mol. The largest absolute Gasteiger partial charge is 0.504 e. The number of aliphatic hydroxyl groups excluding tert-OH is 1. The predicted molar refractivity (Wildman–Crippen MR) is 50.0 cm³/mol. The van der Waals surface area contributed by atoms with Crippen LogP contribution >= 0.6 is 0 Å². The molecule has 0 aliphatic carbocycles. The van der Waals surface area contributed by atoms with Gasteiger partial charge < -0.3 is 14.9 Å². The third kappa shape index (κ3) is 2.47. The second-order valence-corrected chi connectivity index (χ2v) is 3.00. The first kappa shape index (κ1) is 10.5. The molecular weight excluding hydrogens is 184 g/mol. The van der Waals surface area contributed by atoms with Crippen LogP contribution in [-0.2, 0) is 4.79 Å². The van der Waals surface area contributed by atoms with E-state index in [9.17, 15) is 15.0 Å². The van der Waals surface area contributed by atoms with Crippen molar-refractivity contribution in [2.45, 2.75) is 20.0 Å². The minimum absolute atomic E-state index is 0.0990. The normalized spacial score (nSPS) is 12.2. The van der Waals surface area contributed by atoms with Gasteiger partial charge in [0.2, 0.25) is 0 Å². The Bertz CT molecular complexity index is 344. The van der Waals surface area contributed by atoms with Gasteiger partial charge in [-0.25, -0.2) is 0 Å². The minimum Gasteiger partial charge on any atom is -0.504 e. The van der Waals surface area contributed by atoms with Crippen LogP contribution in [0.15, 0.2) is 18.2 Å². The highest BCUT2D eigenvalue weighted by Crippen LogP contribution is 2.29. The van der Waals surface area contributed by atoms with Crippen molar-refractivity contribution in [2.24, 2.45) is 0 Å². The number of hydrogen-bond acceptors (Lipinski definition) is 4. The summed E-state index contributed by atoms with van der Waals surface area (Å²) in [6, 6.07) is 4.39. The lowest BCUT2D eigenvalue weighted by atomic mass is 10.1. The number of aromatic hydroxyl groups is 1. The van der Waals surface area contributed by atoms with Crippen LogP contribution in [0.2, 0.25) is 0 Å². The third-order valence-electron chi connectivity index (χ3n) is 1.72. The van der Waals surface area contributed by atoms with E-state index in [-0.39, 0.29) is 11.5 Å². The Kier molecular flexibility index (Phi) is 3.09. The molecule has 1 rings (SSSR count). The molecule has 0 spiro atoms. The molecule has 0 amide bonds. The van der Waals surface area contributed by atoms with Crippen LogP contribution in [0.5, 0.6) is 11.5 Å². The molecule has 0 saturated carbocycles. The molecule has 4 heteroatoms. The van der Waals surface area contributed by atoms with E-state index in [4.69, 9.17) is 4.74 Å². The van der Waals surface area contributed by atoms with Crippen molar-refractivity contribution in [1.29, 1.82) is 0 Å². The van der Waals surface area contributed by atoms with E-state index in [0.29, 0.717) is 5.56 Å². The second kappa shape index (κ2) is 4.11. The summed E-state index contributed by atoms with van der Waals surface area (Å²) in [4.78, 5) is 10.6. The molecule has 0 aliphatic heterocycles. The molecule has 0 fully saturated rings. The van der Waals surface area contributed by atoms with Crippen LogP contribution < -0.4 is 4.74 Å². The standard InChI is InChI=1S/C10H12O4/c1-6(11)8-3-4-10(9(13)5-8)14-7(2)12/h3-6,11,13H,1-2H3/t6-/m1/s1. The van der Waals surface area contributed by atoms with Crippen LogP contribution in [0.1, 0.15) is 25.5 Å². The molecule has 0 bridgehead atoms. The molecule has 14 heavy (non-hydrogen) atoms. The summed E-state index contributed by atoms with van der Waals surface area (Å²) in [5, 5.41) is 18.6. The summed E-state index contributed by atoms with van der Waals surface area (Å²) < 4.78 is 4.71. The van der Waals surface area contributed by atoms with Crippen molar-refractivity contribution < 1.29 is 19.7 Å². The zero-order chi connectivity index (χ0) is 10.7. The van der Waals surface area contributed by atoms with Gasteiger partial charge >= 0.3 is 5.97 Å². The zero-order valence-corrected chi connectivity index (χ0v) is 8.02. The summed E-state index contributed by atoms with van der Waals surface area (Å²) in [7, 11) is 0. The fraction of sp³-hybridized carbons (Fsp3) is 0.300. The minimum atomic E-state index is -0.660. The first-order valence-electron chi connectivity index (χ1n) is 4.20. The Labute approximate surface area is 81.8 Å². The average molecular weight is 196 g/mol. The number of carbonyl (C=O) groups excluding carboxylic acids is 1. The quantitative estimate of drug-likeness (QED) is 0.553. The van der Waals surface area contributed by atoms with E-state index in [1.807, 2.05) is 0 Å². The Morgan fingerprint density at radius 1 is 1.50 bits per heavy atom. The van der Waals surface area contributed by atoms with Crippen molar-refractivity contribution in [2.75, 3.05) is 0 Å². The lowest BCUT2D eigenvalue weighted by molar-refractivity contribution is -0.132. The van der Waals surface area contributed by atoms with Gasteiger partial charge in [0.1, 0.15) is 0 Å². The summed E-state index contributed by atoms with van der Waals surface area (Å²) >= 11 is 0. The van der Waals surface area contributed by atoms with Gasteiger partial charge in [-0.05, 0) is 24.6 Å². The van der Waals surface area contributed by atoms with E-state index >= 15 is 0 Å². The third-order valence-corrected chi connectivity index (χ3v) is 1.72. The van der Waals surface area contributed by atoms with Crippen molar-refractivity contribution in [3.05, 3.63) is 23.8 Å². The molecule has 4 nitrogen and oxygen atoms in total. The maximum atomic E-state index is 10.6. The van der Waals surface area contributed by atoms with E-state index in [1.165, 1.54) is 19.1 Å². The van der Waals surface area contributed by atoms with Crippen LogP contribution in [0.4, 0.5) is 0 Å². The zero-order valence-electron chi connectivity index (χ0n) is 8.02. The molecule has 1 aromatic carbocycles. The van der Waals surface area contributed by atoms with E-state index in [0.717, 1.165) is 0 Å². The fourth-order valence-electron chi connectivity index (χ4n) is 1.04. The highest BCUT2D eigenvalue weighted by Gasteiger charge is 2.08. The molecule has 0 aromatic heterocycles. The van der Waals surface area contributed by atoms with Crippen LogP contribution in [0.3, 0.4) is 0 Å². The van der Waals surface area contributed by atoms with E-state index in [2.05, 4.69) is 0 Å². The van der Waals surface area contributed by atoms with Gasteiger partial charge in [0.05, 0.1) is 6.10 Å². The smallest absolute Gasteiger partial charge is 0.308 e. The summed E-state index contributed by atoms with van der Waals surface area (Å²) in [6.45, 7) is 2.84. The Balaban J connectivity index is 2.95. The number of carbonyl (C=O) groups is 1. The topological polar surface area (TPSA) is 66.8 Å². The highest BCUT2D eigenvalue weighted by molar-refractivity contribution is 5.70. The summed E-state index contributed by atoms with van der Waals surface area (Å²) in [5.41, 5.74) is 0.568. The number of hydrogen-bond donors (Lipinski definition) is 2. The summed E-state index contributed by atoms with van der Waals surface area (Å²) in [6.07, 6.45) is -0.660.